The lowest BCUT2D eigenvalue weighted by Gasteiger charge is -2.41. The number of carbonyl (C=O) groups excluding carboxylic acids is 2. The van der Waals surface area contributed by atoms with Gasteiger partial charge in [0.2, 0.25) is 11.8 Å². The zero-order valence-electron chi connectivity index (χ0n) is 15.7. The zero-order valence-corrected chi connectivity index (χ0v) is 15.7. The van der Waals surface area contributed by atoms with Gasteiger partial charge in [-0.1, -0.05) is 19.3 Å². The van der Waals surface area contributed by atoms with E-state index in [9.17, 15) is 9.59 Å². The molecule has 25 heavy (non-hydrogen) atoms. The molecule has 142 valence electrons. The predicted molar refractivity (Wildman–Crippen MR) is 98.0 cm³/mol. The minimum atomic E-state index is -0.639. The van der Waals surface area contributed by atoms with Crippen molar-refractivity contribution in [2.75, 3.05) is 39.3 Å². The van der Waals surface area contributed by atoms with Crippen molar-refractivity contribution >= 4 is 11.8 Å². The zero-order chi connectivity index (χ0) is 17.9. The van der Waals surface area contributed by atoms with E-state index in [0.717, 1.165) is 58.2 Å². The molecule has 2 saturated heterocycles. The third kappa shape index (κ3) is 4.34. The van der Waals surface area contributed by atoms with E-state index in [0.29, 0.717) is 25.7 Å². The number of carbonyl (C=O) groups is 2. The molecule has 0 aromatic rings. The van der Waals surface area contributed by atoms with Gasteiger partial charge in [0.15, 0.2) is 0 Å². The minimum absolute atomic E-state index is 0.128. The smallest absolute Gasteiger partial charge is 0.242 e. The van der Waals surface area contributed by atoms with Gasteiger partial charge in [0.25, 0.3) is 0 Å². The predicted octanol–water partition coefficient (Wildman–Crippen LogP) is 1.19. The quantitative estimate of drug-likeness (QED) is 0.830. The second-order valence-electron chi connectivity index (χ2n) is 8.22. The van der Waals surface area contributed by atoms with Crippen LogP contribution in [0.2, 0.25) is 0 Å². The molecule has 0 aromatic heterocycles. The Balaban J connectivity index is 1.47. The number of piperidine rings is 1. The van der Waals surface area contributed by atoms with Crippen molar-refractivity contribution in [3.63, 3.8) is 0 Å². The Hall–Kier alpha value is -1.14. The maximum Gasteiger partial charge on any atom is 0.242 e. The molecule has 2 N–H and O–H groups in total. The fourth-order valence-corrected chi connectivity index (χ4v) is 4.57. The number of hydrogen-bond acceptors (Lipinski definition) is 4. The first-order valence-electron chi connectivity index (χ1n) is 10.1. The van der Waals surface area contributed by atoms with Crippen molar-refractivity contribution in [1.82, 2.24) is 14.7 Å². The van der Waals surface area contributed by atoms with E-state index in [2.05, 4.69) is 11.8 Å². The van der Waals surface area contributed by atoms with Gasteiger partial charge in [0.05, 0.1) is 12.1 Å². The molecule has 1 atom stereocenters. The van der Waals surface area contributed by atoms with Crippen molar-refractivity contribution in [2.24, 2.45) is 5.73 Å². The molecular weight excluding hydrogens is 316 g/mol. The molecule has 1 aliphatic carbocycles. The Morgan fingerprint density at radius 2 is 1.64 bits per heavy atom. The van der Waals surface area contributed by atoms with Crippen LogP contribution in [-0.2, 0) is 9.59 Å². The van der Waals surface area contributed by atoms with Crippen LogP contribution in [0.4, 0.5) is 0 Å². The monoisotopic (exact) mass is 350 g/mol. The number of nitrogens with zero attached hydrogens (tertiary/aromatic N) is 3. The van der Waals surface area contributed by atoms with Gasteiger partial charge in [0.1, 0.15) is 0 Å². The molecule has 0 bridgehead atoms. The topological polar surface area (TPSA) is 69.9 Å². The van der Waals surface area contributed by atoms with Crippen LogP contribution in [0.25, 0.3) is 0 Å². The van der Waals surface area contributed by atoms with E-state index in [1.165, 1.54) is 12.8 Å². The largest absolute Gasteiger partial charge is 0.339 e. The van der Waals surface area contributed by atoms with Gasteiger partial charge in [-0.2, -0.15) is 0 Å². The first kappa shape index (κ1) is 18.6. The molecule has 3 aliphatic rings. The molecule has 1 unspecified atom stereocenters. The summed E-state index contributed by atoms with van der Waals surface area (Å²) in [5, 5.41) is 0. The summed E-state index contributed by atoms with van der Waals surface area (Å²) in [6, 6.07) is 0.368. The molecule has 2 amide bonds. The van der Waals surface area contributed by atoms with E-state index in [1.54, 1.807) is 0 Å². The van der Waals surface area contributed by atoms with E-state index in [-0.39, 0.29) is 11.8 Å². The lowest BCUT2D eigenvalue weighted by Crippen LogP contribution is -2.60. The SMILES string of the molecule is CC1CCCCN1C(=O)CN1CCN(C(=O)C2(N)CCCCC2)CC1. The molecule has 6 heteroatoms. The Morgan fingerprint density at radius 3 is 2.28 bits per heavy atom. The van der Waals surface area contributed by atoms with E-state index >= 15 is 0 Å². The summed E-state index contributed by atoms with van der Waals surface area (Å²) in [6.07, 6.45) is 8.41. The lowest BCUT2D eigenvalue weighted by atomic mass is 9.81. The maximum absolute atomic E-state index is 12.8. The van der Waals surface area contributed by atoms with Gasteiger partial charge < -0.3 is 15.5 Å². The molecule has 3 rings (SSSR count). The van der Waals surface area contributed by atoms with E-state index in [1.807, 2.05) is 9.80 Å². The van der Waals surface area contributed by atoms with Crippen LogP contribution in [-0.4, -0.2) is 77.4 Å². The summed E-state index contributed by atoms with van der Waals surface area (Å²) in [4.78, 5) is 31.5. The molecule has 0 radical (unpaired) electrons. The summed E-state index contributed by atoms with van der Waals surface area (Å²) in [5.41, 5.74) is 5.76. The van der Waals surface area contributed by atoms with Gasteiger partial charge >= 0.3 is 0 Å². The number of amides is 2. The number of piperazine rings is 1. The van der Waals surface area contributed by atoms with E-state index < -0.39 is 5.54 Å². The highest BCUT2D eigenvalue weighted by Gasteiger charge is 2.39. The molecule has 2 heterocycles. The normalized spacial score (nSPS) is 28.0. The van der Waals surface area contributed by atoms with Crippen LogP contribution in [0.3, 0.4) is 0 Å². The van der Waals surface area contributed by atoms with E-state index in [4.69, 9.17) is 5.73 Å². The van der Waals surface area contributed by atoms with Gasteiger partial charge in [-0.25, -0.2) is 0 Å². The first-order chi connectivity index (χ1) is 12.0. The average molecular weight is 351 g/mol. The molecule has 0 aromatic carbocycles. The van der Waals surface area contributed by atoms with Crippen molar-refractivity contribution < 1.29 is 9.59 Å². The number of likely N-dealkylation sites (tertiary alicyclic amines) is 1. The van der Waals surface area contributed by atoms with Crippen LogP contribution < -0.4 is 5.73 Å². The van der Waals surface area contributed by atoms with Gasteiger partial charge in [-0.15, -0.1) is 0 Å². The van der Waals surface area contributed by atoms with Gasteiger partial charge in [-0.3, -0.25) is 14.5 Å². The maximum atomic E-state index is 12.8. The summed E-state index contributed by atoms with van der Waals surface area (Å²) < 4.78 is 0. The molecule has 0 spiro atoms. The fourth-order valence-electron chi connectivity index (χ4n) is 4.57. The van der Waals surface area contributed by atoms with Crippen molar-refractivity contribution in [3.05, 3.63) is 0 Å². The highest BCUT2D eigenvalue weighted by Crippen LogP contribution is 2.28. The average Bonchev–Trinajstić information content (AvgIpc) is 2.62. The highest BCUT2D eigenvalue weighted by atomic mass is 16.2. The van der Waals surface area contributed by atoms with Crippen LogP contribution in [0.1, 0.15) is 58.3 Å². The van der Waals surface area contributed by atoms with Crippen molar-refractivity contribution in [1.29, 1.82) is 0 Å². The third-order valence-corrected chi connectivity index (χ3v) is 6.31. The van der Waals surface area contributed by atoms with Crippen LogP contribution in [0, 0.1) is 0 Å². The van der Waals surface area contributed by atoms with Crippen LogP contribution in [0.15, 0.2) is 0 Å². The second-order valence-corrected chi connectivity index (χ2v) is 8.22. The Bertz CT molecular complexity index is 482. The summed E-state index contributed by atoms with van der Waals surface area (Å²) >= 11 is 0. The summed E-state index contributed by atoms with van der Waals surface area (Å²) in [6.45, 7) is 6.47. The Morgan fingerprint density at radius 1 is 0.960 bits per heavy atom. The van der Waals surface area contributed by atoms with Crippen LogP contribution >= 0.6 is 0 Å². The molecule has 2 aliphatic heterocycles. The van der Waals surface area contributed by atoms with Gasteiger partial charge in [0, 0.05) is 38.8 Å². The number of hydrogen-bond donors (Lipinski definition) is 1. The first-order valence-corrected chi connectivity index (χ1v) is 10.1. The molecule has 1 saturated carbocycles. The highest BCUT2D eigenvalue weighted by molar-refractivity contribution is 5.86. The number of nitrogens with two attached hydrogens (primary N) is 1. The van der Waals surface area contributed by atoms with Crippen molar-refractivity contribution in [2.45, 2.75) is 69.9 Å². The molecule has 6 nitrogen and oxygen atoms in total. The number of rotatable bonds is 3. The minimum Gasteiger partial charge on any atom is -0.339 e. The summed E-state index contributed by atoms with van der Waals surface area (Å²) in [7, 11) is 0. The van der Waals surface area contributed by atoms with Gasteiger partial charge in [-0.05, 0) is 39.0 Å². The molecular formula is C19H34N4O2. The third-order valence-electron chi connectivity index (χ3n) is 6.31. The molecule has 3 fully saturated rings. The van der Waals surface area contributed by atoms with Crippen LogP contribution in [0.5, 0.6) is 0 Å². The lowest BCUT2D eigenvalue weighted by molar-refractivity contribution is -0.141. The second kappa shape index (κ2) is 8.04. The summed E-state index contributed by atoms with van der Waals surface area (Å²) in [5.74, 6) is 0.373. The standard InChI is InChI=1S/C19H34N4O2/c1-16-7-3-6-10-23(16)17(24)15-21-11-13-22(14-12-21)18(25)19(20)8-4-2-5-9-19/h16H,2-15,20H2,1H3. The van der Waals surface area contributed by atoms with Crippen molar-refractivity contribution in [3.8, 4) is 0 Å². The Kier molecular flexibility index (Phi) is 6.00. The fraction of sp³-hybridized carbons (Fsp3) is 0.895. The Labute approximate surface area is 151 Å².